The molecule has 0 aliphatic heterocycles. The van der Waals surface area contributed by atoms with E-state index in [-0.39, 0.29) is 11.6 Å². The molecule has 0 spiro atoms. The smallest absolute Gasteiger partial charge is 0.239 e. The van der Waals surface area contributed by atoms with Crippen molar-refractivity contribution in [1.82, 2.24) is 9.97 Å². The Morgan fingerprint density at radius 1 is 1.28 bits per heavy atom. The molecule has 0 aliphatic rings. The first-order valence-corrected chi connectivity index (χ1v) is 5.12. The Hall–Kier alpha value is -2.28. The van der Waals surface area contributed by atoms with Crippen LogP contribution in [-0.2, 0) is 0 Å². The van der Waals surface area contributed by atoms with Crippen molar-refractivity contribution in [3.8, 4) is 0 Å². The summed E-state index contributed by atoms with van der Waals surface area (Å²) in [5.74, 6) is 4.44. The summed E-state index contributed by atoms with van der Waals surface area (Å²) < 4.78 is 26.2. The normalized spacial score (nSPS) is 10.2. The minimum absolute atomic E-state index is 0.126. The molecule has 7 heteroatoms. The van der Waals surface area contributed by atoms with E-state index in [1.807, 2.05) is 0 Å². The summed E-state index contributed by atoms with van der Waals surface area (Å²) in [5, 5.41) is 2.75. The summed E-state index contributed by atoms with van der Waals surface area (Å²) in [7, 11) is 0. The van der Waals surface area contributed by atoms with Crippen LogP contribution in [-0.4, -0.2) is 9.97 Å². The second kappa shape index (κ2) is 4.92. The van der Waals surface area contributed by atoms with Gasteiger partial charge in [-0.15, -0.1) is 0 Å². The van der Waals surface area contributed by atoms with E-state index in [2.05, 4.69) is 20.7 Å². The van der Waals surface area contributed by atoms with Gasteiger partial charge in [0.1, 0.15) is 17.5 Å². The molecule has 0 saturated carbocycles. The summed E-state index contributed by atoms with van der Waals surface area (Å²) in [6, 6.07) is 3.24. The SMILES string of the molecule is Cc1cnc(NN)nc1Nc1ccc(F)cc1F. The molecule has 0 atom stereocenters. The molecule has 4 N–H and O–H groups in total. The molecule has 0 unspecified atom stereocenters. The Labute approximate surface area is 102 Å². The molecule has 1 aromatic heterocycles. The number of nitrogen functional groups attached to an aromatic ring is 1. The maximum absolute atomic E-state index is 13.5. The third-order valence-corrected chi connectivity index (χ3v) is 2.29. The zero-order chi connectivity index (χ0) is 13.1. The predicted octanol–water partition coefficient (Wildman–Crippen LogP) is 2.09. The van der Waals surface area contributed by atoms with E-state index >= 15 is 0 Å². The van der Waals surface area contributed by atoms with E-state index < -0.39 is 11.6 Å². The third-order valence-electron chi connectivity index (χ3n) is 2.29. The number of aromatic nitrogens is 2. The topological polar surface area (TPSA) is 75.9 Å². The highest BCUT2D eigenvalue weighted by atomic mass is 19.1. The Balaban J connectivity index is 2.33. The highest BCUT2D eigenvalue weighted by molar-refractivity contribution is 5.60. The van der Waals surface area contributed by atoms with Gasteiger partial charge in [-0.2, -0.15) is 4.98 Å². The number of hydrogen-bond donors (Lipinski definition) is 3. The minimum atomic E-state index is -0.699. The van der Waals surface area contributed by atoms with Crippen molar-refractivity contribution in [2.24, 2.45) is 5.84 Å². The Kier molecular flexibility index (Phi) is 3.33. The molecule has 2 rings (SSSR count). The molecule has 0 saturated heterocycles. The first-order valence-electron chi connectivity index (χ1n) is 5.12. The lowest BCUT2D eigenvalue weighted by atomic mass is 10.2. The molecule has 0 radical (unpaired) electrons. The van der Waals surface area contributed by atoms with Gasteiger partial charge in [-0.05, 0) is 19.1 Å². The lowest BCUT2D eigenvalue weighted by molar-refractivity contribution is 0.586. The summed E-state index contributed by atoms with van der Waals surface area (Å²) in [5.41, 5.74) is 3.12. The second-order valence-electron chi connectivity index (χ2n) is 3.62. The molecular formula is C11H11F2N5. The van der Waals surface area contributed by atoms with E-state index in [9.17, 15) is 8.78 Å². The third kappa shape index (κ3) is 2.51. The van der Waals surface area contributed by atoms with Crippen molar-refractivity contribution in [2.75, 3.05) is 10.7 Å². The lowest BCUT2D eigenvalue weighted by Gasteiger charge is -2.10. The van der Waals surface area contributed by atoms with Gasteiger partial charge in [0.15, 0.2) is 0 Å². The van der Waals surface area contributed by atoms with Crippen molar-refractivity contribution in [2.45, 2.75) is 6.92 Å². The van der Waals surface area contributed by atoms with Crippen LogP contribution in [0.5, 0.6) is 0 Å². The largest absolute Gasteiger partial charge is 0.337 e. The zero-order valence-electron chi connectivity index (χ0n) is 9.54. The van der Waals surface area contributed by atoms with Crippen LogP contribution in [0.2, 0.25) is 0 Å². The monoisotopic (exact) mass is 251 g/mol. The molecular weight excluding hydrogens is 240 g/mol. The average Bonchev–Trinajstić information content (AvgIpc) is 2.35. The Morgan fingerprint density at radius 3 is 2.72 bits per heavy atom. The number of rotatable bonds is 3. The summed E-state index contributed by atoms with van der Waals surface area (Å²) in [6.45, 7) is 1.75. The molecule has 18 heavy (non-hydrogen) atoms. The van der Waals surface area contributed by atoms with Gasteiger partial charge in [-0.3, -0.25) is 5.43 Å². The lowest BCUT2D eigenvalue weighted by Crippen LogP contribution is -2.11. The van der Waals surface area contributed by atoms with Gasteiger partial charge in [0, 0.05) is 17.8 Å². The molecule has 0 fully saturated rings. The maximum atomic E-state index is 13.5. The molecule has 5 nitrogen and oxygen atoms in total. The molecule has 0 bridgehead atoms. The number of nitrogens with one attached hydrogen (secondary N) is 2. The van der Waals surface area contributed by atoms with Gasteiger partial charge in [0.25, 0.3) is 0 Å². The molecule has 94 valence electrons. The average molecular weight is 251 g/mol. The first-order chi connectivity index (χ1) is 8.60. The molecule has 0 aliphatic carbocycles. The van der Waals surface area contributed by atoms with E-state index in [4.69, 9.17) is 5.84 Å². The zero-order valence-corrected chi connectivity index (χ0v) is 9.54. The number of halogens is 2. The van der Waals surface area contributed by atoms with Gasteiger partial charge >= 0.3 is 0 Å². The van der Waals surface area contributed by atoms with Crippen molar-refractivity contribution in [3.05, 3.63) is 41.6 Å². The maximum Gasteiger partial charge on any atom is 0.239 e. The molecule has 2 aromatic rings. The van der Waals surface area contributed by atoms with Gasteiger partial charge in [0.2, 0.25) is 5.95 Å². The van der Waals surface area contributed by atoms with Crippen LogP contribution >= 0.6 is 0 Å². The highest BCUT2D eigenvalue weighted by Crippen LogP contribution is 2.21. The summed E-state index contributed by atoms with van der Waals surface area (Å²) in [4.78, 5) is 7.93. The van der Waals surface area contributed by atoms with Crippen LogP contribution < -0.4 is 16.6 Å². The van der Waals surface area contributed by atoms with E-state index in [1.165, 1.54) is 12.3 Å². The van der Waals surface area contributed by atoms with Crippen molar-refractivity contribution >= 4 is 17.5 Å². The van der Waals surface area contributed by atoms with Gasteiger partial charge in [0.05, 0.1) is 5.69 Å². The number of nitrogens with zero attached hydrogens (tertiary/aromatic N) is 2. The van der Waals surface area contributed by atoms with Crippen LogP contribution in [0, 0.1) is 18.6 Å². The number of anilines is 3. The van der Waals surface area contributed by atoms with E-state index in [0.29, 0.717) is 11.4 Å². The summed E-state index contributed by atoms with van der Waals surface area (Å²) in [6.07, 6.45) is 1.53. The van der Waals surface area contributed by atoms with Crippen LogP contribution in [0.25, 0.3) is 0 Å². The fraction of sp³-hybridized carbons (Fsp3) is 0.0909. The Bertz CT molecular complexity index is 573. The van der Waals surface area contributed by atoms with Crippen LogP contribution in [0.15, 0.2) is 24.4 Å². The number of hydrogen-bond acceptors (Lipinski definition) is 5. The Morgan fingerprint density at radius 2 is 2.06 bits per heavy atom. The summed E-state index contributed by atoms with van der Waals surface area (Å²) >= 11 is 0. The van der Waals surface area contributed by atoms with E-state index in [1.54, 1.807) is 6.92 Å². The van der Waals surface area contributed by atoms with Crippen molar-refractivity contribution in [3.63, 3.8) is 0 Å². The standard InChI is InChI=1S/C11H11F2N5/c1-6-5-15-11(18-14)17-10(6)16-9-3-2-7(12)4-8(9)13/h2-5H,14H2,1H3,(H2,15,16,17,18). The fourth-order valence-corrected chi connectivity index (χ4v) is 1.36. The van der Waals surface area contributed by atoms with Crippen molar-refractivity contribution < 1.29 is 8.78 Å². The number of nitrogens with two attached hydrogens (primary N) is 1. The van der Waals surface area contributed by atoms with Crippen LogP contribution in [0.4, 0.5) is 26.2 Å². The molecule has 1 heterocycles. The van der Waals surface area contributed by atoms with Crippen molar-refractivity contribution in [1.29, 1.82) is 0 Å². The van der Waals surface area contributed by atoms with Gasteiger partial charge in [-0.25, -0.2) is 19.6 Å². The molecule has 1 aromatic carbocycles. The minimum Gasteiger partial charge on any atom is -0.337 e. The van der Waals surface area contributed by atoms with Crippen LogP contribution in [0.3, 0.4) is 0 Å². The van der Waals surface area contributed by atoms with E-state index in [0.717, 1.165) is 12.1 Å². The molecule has 0 amide bonds. The first kappa shape index (κ1) is 12.2. The van der Waals surface area contributed by atoms with Gasteiger partial charge in [-0.1, -0.05) is 0 Å². The number of hydrazine groups is 1. The van der Waals surface area contributed by atoms with Crippen LogP contribution in [0.1, 0.15) is 5.56 Å². The number of aryl methyl sites for hydroxylation is 1. The highest BCUT2D eigenvalue weighted by Gasteiger charge is 2.08. The predicted molar refractivity (Wildman–Crippen MR) is 64.2 cm³/mol. The quantitative estimate of drug-likeness (QED) is 0.575. The second-order valence-corrected chi connectivity index (χ2v) is 3.62. The van der Waals surface area contributed by atoms with Gasteiger partial charge < -0.3 is 5.32 Å². The number of benzene rings is 1. The fourth-order valence-electron chi connectivity index (χ4n) is 1.36.